The van der Waals surface area contributed by atoms with E-state index in [1.807, 2.05) is 86.6 Å². The molecule has 4 aromatic heterocycles. The number of pyridine rings is 2. The van der Waals surface area contributed by atoms with Gasteiger partial charge in [0.25, 0.3) is 23.7 Å². The number of carbonyl (C=O) groups is 4. The average molecular weight is 1420 g/mol. The van der Waals surface area contributed by atoms with Crippen molar-refractivity contribution in [2.75, 3.05) is 37.6 Å². The van der Waals surface area contributed by atoms with Crippen LogP contribution in [0.15, 0.2) is 130 Å². The number of alkyl halides is 4. The molecule has 0 unspecified atom stereocenters. The van der Waals surface area contributed by atoms with Crippen LogP contribution in [0.25, 0.3) is 44.2 Å². The van der Waals surface area contributed by atoms with Gasteiger partial charge in [0, 0.05) is 105 Å². The molecule has 2 saturated carbocycles. The third-order valence-electron chi connectivity index (χ3n) is 15.8. The van der Waals surface area contributed by atoms with E-state index in [0.717, 1.165) is 90.8 Å². The number of Topliss-reactive ketones (excluding diaryl/α,β-unsaturated/α-hetero) is 1. The Bertz CT molecular complexity index is 3640. The third-order valence-corrected chi connectivity index (χ3v) is 15.8. The maximum absolute atomic E-state index is 13.5. The van der Waals surface area contributed by atoms with Crippen molar-refractivity contribution in [1.29, 1.82) is 0 Å². The molecular weight excluding hydrogens is 1360 g/mol. The van der Waals surface area contributed by atoms with Crippen LogP contribution < -0.4 is 17.2 Å². The zero-order valence-corrected chi connectivity index (χ0v) is 78.0. The molecule has 89 heavy (non-hydrogen) atoms. The van der Waals surface area contributed by atoms with Crippen molar-refractivity contribution in [2.24, 2.45) is 17.6 Å². The van der Waals surface area contributed by atoms with E-state index in [4.69, 9.17) is 31.1 Å². The summed E-state index contributed by atoms with van der Waals surface area (Å²) in [6, 6.07) is 33.9. The molecule has 7 N–H and O–H groups in total. The van der Waals surface area contributed by atoms with Crippen molar-refractivity contribution in [3.8, 4) is 22.3 Å². The first-order chi connectivity index (χ1) is 42.7. The summed E-state index contributed by atoms with van der Waals surface area (Å²) < 4.78 is 65.4. The molecule has 2 saturated heterocycles. The van der Waals surface area contributed by atoms with E-state index >= 15 is 0 Å². The van der Waals surface area contributed by atoms with Crippen LogP contribution in [-0.4, -0.2) is 339 Å². The molecule has 428 valence electrons. The minimum absolute atomic E-state index is 0.0360. The Hall–Kier alpha value is 4.71. The van der Waals surface area contributed by atoms with E-state index in [2.05, 4.69) is 9.97 Å². The molecule has 26 heteroatoms. The SMILES string of the molecule is Cc1cc(-c2ccc(C(=O)N3CCC(F)(F)CC3)cc2)cc2cc(CCC(=O)[C@@H]3C[C@H]3c3ccc(N)nc3)oc12.Cc1cc(-c2ccc(C(=O)N3CCC(F)(F)CC3)cc2)cc2cc(CN)oc12.Nc1ccc([C@@H]2C[C@H]2C(=O)O)cn1.[K][K].[K][K].[K][K].[K][K]. The zero-order chi connectivity index (χ0) is 65.3. The van der Waals surface area contributed by atoms with Crippen molar-refractivity contribution in [3.63, 3.8) is 0 Å². The van der Waals surface area contributed by atoms with Gasteiger partial charge in [-0.15, -0.1) is 0 Å². The van der Waals surface area contributed by atoms with E-state index in [1.165, 1.54) is 262 Å². The number of carboxylic acids is 1. The molecule has 4 atom stereocenters. The van der Waals surface area contributed by atoms with E-state index in [1.54, 1.807) is 48.8 Å². The number of anilines is 2. The Balaban J connectivity index is 0.000000222. The number of fused-ring (bicyclic) bond motifs is 2. The number of nitrogen functional groups attached to an aromatic ring is 2. The summed E-state index contributed by atoms with van der Waals surface area (Å²) in [5.74, 6) is -3.58. The number of ketones is 1. The van der Waals surface area contributed by atoms with Gasteiger partial charge in [-0.1, -0.05) is 36.4 Å². The van der Waals surface area contributed by atoms with E-state index in [-0.39, 0.29) is 93.1 Å². The van der Waals surface area contributed by atoms with E-state index in [0.29, 0.717) is 42.1 Å². The second kappa shape index (κ2) is 41.1. The zero-order valence-electron chi connectivity index (χ0n) is 53.0. The fourth-order valence-corrected chi connectivity index (χ4v) is 10.8. The number of carboxylic acid groups (broad SMARTS) is 1. The molecule has 4 aromatic carbocycles. The number of aryl methyl sites for hydroxylation is 3. The molecule has 2 aliphatic heterocycles. The number of amides is 2. The van der Waals surface area contributed by atoms with Crippen LogP contribution in [0.2, 0.25) is 0 Å². The van der Waals surface area contributed by atoms with Gasteiger partial charge in [0.15, 0.2) is 0 Å². The van der Waals surface area contributed by atoms with Gasteiger partial charge in [-0.25, -0.2) is 27.5 Å². The van der Waals surface area contributed by atoms with Gasteiger partial charge < -0.3 is 40.9 Å². The number of hydrogen-bond acceptors (Lipinski definition) is 11. The van der Waals surface area contributed by atoms with Gasteiger partial charge in [0.2, 0.25) is 0 Å². The van der Waals surface area contributed by atoms with Crippen molar-refractivity contribution in [2.45, 2.75) is 95.4 Å². The number of benzene rings is 4. The normalized spacial score (nSPS) is 18.3. The molecular formula is C63H63F4K8N7O7. The summed E-state index contributed by atoms with van der Waals surface area (Å²) in [7, 11) is 0. The Morgan fingerprint density at radius 2 is 0.933 bits per heavy atom. The quantitative estimate of drug-likeness (QED) is 0.0664. The molecule has 4 fully saturated rings. The number of piperidine rings is 2. The molecule has 0 bridgehead atoms. The Labute approximate surface area is 698 Å². The second-order valence-corrected chi connectivity index (χ2v) is 21.7. The van der Waals surface area contributed by atoms with Gasteiger partial charge >= 0.3 is 259 Å². The number of halogens is 4. The molecule has 2 aliphatic carbocycles. The molecule has 12 rings (SSSR count). The van der Waals surface area contributed by atoms with Crippen LogP contribution >= 0.6 is 0 Å². The van der Waals surface area contributed by atoms with E-state index in [9.17, 15) is 36.7 Å². The van der Waals surface area contributed by atoms with Crippen LogP contribution in [-0.2, 0) is 22.6 Å². The Kier molecular flexibility index (Phi) is 38.2. The van der Waals surface area contributed by atoms with Gasteiger partial charge in [0.05, 0.1) is 12.5 Å². The van der Waals surface area contributed by atoms with Crippen molar-refractivity contribution >= 4 is 310 Å². The summed E-state index contributed by atoms with van der Waals surface area (Å²) in [6.07, 6.45) is 4.84. The maximum atomic E-state index is 13.5. The summed E-state index contributed by atoms with van der Waals surface area (Å²) in [5, 5.41) is 10.6. The molecule has 0 spiro atoms. The molecule has 0 radical (unpaired) electrons. The number of aromatic nitrogens is 2. The van der Waals surface area contributed by atoms with Gasteiger partial charge in [-0.05, 0) is 156 Å². The fraction of sp³-hybridized carbons (Fsp3) is 0.333. The number of furan rings is 2. The monoisotopic (exact) mass is 1420 g/mol. The topological polar surface area (TPSA) is 225 Å². The first-order valence-electron chi connectivity index (χ1n) is 31.2. The summed E-state index contributed by atoms with van der Waals surface area (Å²) >= 11 is 10.0. The minimum atomic E-state index is -2.68. The first kappa shape index (κ1) is 82.7. The number of nitrogens with zero attached hydrogens (tertiary/aromatic N) is 4. The van der Waals surface area contributed by atoms with Crippen LogP contribution in [0.3, 0.4) is 0 Å². The van der Waals surface area contributed by atoms with Gasteiger partial charge in [-0.3, -0.25) is 19.2 Å². The van der Waals surface area contributed by atoms with Crippen molar-refractivity contribution < 1.29 is 50.7 Å². The van der Waals surface area contributed by atoms with Gasteiger partial charge in [0.1, 0.15) is 40.1 Å². The van der Waals surface area contributed by atoms with Crippen molar-refractivity contribution in [1.82, 2.24) is 19.8 Å². The molecule has 14 nitrogen and oxygen atoms in total. The Morgan fingerprint density at radius 1 is 0.551 bits per heavy atom. The second-order valence-electron chi connectivity index (χ2n) is 21.7. The number of hydrogen-bond donors (Lipinski definition) is 4. The molecule has 4 aliphatic rings. The summed E-state index contributed by atoms with van der Waals surface area (Å²) in [4.78, 5) is 59.8. The van der Waals surface area contributed by atoms with Crippen LogP contribution in [0.5, 0.6) is 0 Å². The first-order valence-corrected chi connectivity index (χ1v) is 95.2. The fourth-order valence-electron chi connectivity index (χ4n) is 10.8. The van der Waals surface area contributed by atoms with Crippen molar-refractivity contribution in [3.05, 3.63) is 166 Å². The van der Waals surface area contributed by atoms with Crippen LogP contribution in [0.4, 0.5) is 29.2 Å². The number of carbonyl (C=O) groups excluding carboxylic acids is 3. The number of nitrogens with two attached hydrogens (primary N) is 3. The predicted octanol–water partition coefficient (Wildman–Crippen LogP) is 9.11. The molecule has 8 aromatic rings. The standard InChI is InChI=1S/C32H31F2N3O3.C22H22F2N2O2.C9H10N2O2.8K/c1-19-14-23(20-2-4-21(5-3-20)31(39)37-12-10-32(33,34)11-13-37)15-24-16-25(40-30(19)24)7-8-28(38)27-17-26(27)22-6-9-29(35)36-18-22;1-14-10-17(11-18-12-19(13-25)28-20(14)18)15-2-4-16(5-3-15)21(27)26-8-6-22(23,24)7-9-26;10-8-2-1-5(4-11-8)6-3-7(6)9(12)13;;;;;;;;/h2-6,9,14-16,18,26-27H,7-8,10-13,17H2,1H3,(H2,35,36);2-5,10-12H,6-9,13,25H2,1H3;1-2,4,6-7H,3H2,(H2,10,11)(H,12,13);;;;;;;;/t26-,27+;;6-,7+;;;;;;;;/m0.0......../s1. The molecule has 6 heterocycles. The average Bonchev–Trinajstić information content (AvgIpc) is 2.44. The van der Waals surface area contributed by atoms with Gasteiger partial charge in [-0.2, -0.15) is 0 Å². The van der Waals surface area contributed by atoms with Crippen LogP contribution in [0.1, 0.15) is 111 Å². The summed E-state index contributed by atoms with van der Waals surface area (Å²) in [5.41, 5.74) is 27.3. The number of aliphatic carboxylic acids is 1. The third kappa shape index (κ3) is 24.7. The number of likely N-dealkylation sites (tertiary alicyclic amines) is 2. The Morgan fingerprint density at radius 3 is 1.30 bits per heavy atom. The van der Waals surface area contributed by atoms with Crippen LogP contribution in [0, 0.1) is 25.7 Å². The van der Waals surface area contributed by atoms with E-state index < -0.39 is 17.8 Å². The summed E-state index contributed by atoms with van der Waals surface area (Å²) in [6.45, 7) is 4.64. The molecule has 2 amide bonds. The number of rotatable bonds is 12. The predicted molar refractivity (Wildman–Crippen MR) is 347 cm³/mol.